The van der Waals surface area contributed by atoms with Gasteiger partial charge in [-0.15, -0.1) is 37.2 Å². The van der Waals surface area contributed by atoms with Crippen LogP contribution in [0.2, 0.25) is 0 Å². The van der Waals surface area contributed by atoms with Crippen LogP contribution < -0.4 is 10.6 Å². The van der Waals surface area contributed by atoms with Crippen molar-refractivity contribution in [3.05, 3.63) is 0 Å². The first kappa shape index (κ1) is 25.2. The third kappa shape index (κ3) is 7.04. The molecule has 4 unspecified atom stereocenters. The fourth-order valence-corrected chi connectivity index (χ4v) is 4.33. The molecule has 3 rings (SSSR count). The molecule has 5 nitrogen and oxygen atoms in total. The lowest BCUT2D eigenvalue weighted by Crippen LogP contribution is -2.52. The maximum Gasteiger partial charge on any atom is 0.237 e. The van der Waals surface area contributed by atoms with Crippen molar-refractivity contribution < 1.29 is 4.79 Å². The average Bonchev–Trinajstić information content (AvgIpc) is 2.93. The summed E-state index contributed by atoms with van der Waals surface area (Å²) in [5, 5.41) is 6.81. The van der Waals surface area contributed by atoms with Crippen LogP contribution in [0.25, 0.3) is 0 Å². The molecular weight excluding hydrogens is 383 g/mol. The van der Waals surface area contributed by atoms with E-state index in [1.165, 1.54) is 25.7 Å². The molecule has 2 heterocycles. The molecule has 2 saturated heterocycles. The third-order valence-corrected chi connectivity index (χ3v) is 5.70. The number of nitrogens with one attached hydrogen (secondary N) is 2. The van der Waals surface area contributed by atoms with Gasteiger partial charge in [-0.05, 0) is 39.2 Å². The minimum Gasteiger partial charge on any atom is -0.351 e. The summed E-state index contributed by atoms with van der Waals surface area (Å²) < 4.78 is 0. The van der Waals surface area contributed by atoms with Gasteiger partial charge >= 0.3 is 0 Å². The van der Waals surface area contributed by atoms with Gasteiger partial charge in [-0.2, -0.15) is 0 Å². The lowest BCUT2D eigenvalue weighted by atomic mass is 9.85. The highest BCUT2D eigenvalue weighted by atomic mass is 35.5. The highest BCUT2D eigenvalue weighted by Crippen LogP contribution is 2.33. The van der Waals surface area contributed by atoms with Gasteiger partial charge in [0, 0.05) is 44.8 Å². The number of halogens is 3. The molecule has 1 aliphatic carbocycles. The molecule has 8 heteroatoms. The van der Waals surface area contributed by atoms with Crippen LogP contribution in [0.4, 0.5) is 0 Å². The molecule has 1 saturated carbocycles. The van der Waals surface area contributed by atoms with Crippen LogP contribution in [0.5, 0.6) is 0 Å². The van der Waals surface area contributed by atoms with E-state index in [1.54, 1.807) is 0 Å². The maximum absolute atomic E-state index is 12.5. The molecule has 0 aromatic rings. The van der Waals surface area contributed by atoms with Crippen molar-refractivity contribution in [2.45, 2.75) is 57.2 Å². The number of nitrogens with zero attached hydrogens (tertiary/aromatic N) is 2. The maximum atomic E-state index is 12.5. The zero-order valence-electron chi connectivity index (χ0n) is 15.4. The SMILES string of the molecule is CC(CN1CCN(C)CC1)NC(=O)C1CC2CCCCC2N1.Cl.Cl.Cl. The molecule has 4 atom stereocenters. The van der Waals surface area contributed by atoms with Gasteiger partial charge in [0.2, 0.25) is 5.91 Å². The summed E-state index contributed by atoms with van der Waals surface area (Å²) in [5.74, 6) is 0.952. The lowest BCUT2D eigenvalue weighted by Gasteiger charge is -2.34. The van der Waals surface area contributed by atoms with Gasteiger partial charge in [0.1, 0.15) is 0 Å². The van der Waals surface area contributed by atoms with Gasteiger partial charge in [-0.3, -0.25) is 9.69 Å². The summed E-state index contributed by atoms with van der Waals surface area (Å²) in [4.78, 5) is 17.3. The predicted molar refractivity (Wildman–Crippen MR) is 111 cm³/mol. The molecule has 2 aliphatic heterocycles. The van der Waals surface area contributed by atoms with Crippen LogP contribution in [0.3, 0.4) is 0 Å². The topological polar surface area (TPSA) is 47.6 Å². The summed E-state index contributed by atoms with van der Waals surface area (Å²) in [7, 11) is 2.17. The number of piperazine rings is 1. The van der Waals surface area contributed by atoms with E-state index in [1.807, 2.05) is 0 Å². The monoisotopic (exact) mass is 416 g/mol. The summed E-state index contributed by atoms with van der Waals surface area (Å²) in [6.45, 7) is 7.60. The van der Waals surface area contributed by atoms with Gasteiger partial charge in [-0.25, -0.2) is 0 Å². The molecule has 0 aromatic heterocycles. The lowest BCUT2D eigenvalue weighted by molar-refractivity contribution is -0.123. The second-order valence-corrected chi connectivity index (χ2v) is 7.62. The van der Waals surface area contributed by atoms with Crippen LogP contribution in [0, 0.1) is 5.92 Å². The van der Waals surface area contributed by atoms with Crippen LogP contribution in [0.15, 0.2) is 0 Å². The normalized spacial score (nSPS) is 30.9. The van der Waals surface area contributed by atoms with Crippen LogP contribution >= 0.6 is 37.2 Å². The van der Waals surface area contributed by atoms with Gasteiger partial charge < -0.3 is 15.5 Å². The molecule has 0 bridgehead atoms. The first-order valence-corrected chi connectivity index (χ1v) is 9.09. The van der Waals surface area contributed by atoms with E-state index < -0.39 is 0 Å². The molecule has 1 amide bonds. The molecule has 3 aliphatic rings. The number of hydrogen-bond donors (Lipinski definition) is 2. The second kappa shape index (κ2) is 11.8. The van der Waals surface area contributed by atoms with E-state index in [2.05, 4.69) is 34.4 Å². The van der Waals surface area contributed by atoms with Gasteiger partial charge in [0.25, 0.3) is 0 Å². The summed E-state index contributed by atoms with van der Waals surface area (Å²) in [6, 6.07) is 0.876. The Balaban J connectivity index is 0.00000192. The number of likely N-dealkylation sites (N-methyl/N-ethyl adjacent to an activating group) is 1. The van der Waals surface area contributed by atoms with Gasteiger partial charge in [0.05, 0.1) is 6.04 Å². The van der Waals surface area contributed by atoms with Crippen molar-refractivity contribution in [3.8, 4) is 0 Å². The Morgan fingerprint density at radius 1 is 1.12 bits per heavy atom. The van der Waals surface area contributed by atoms with Gasteiger partial charge in [-0.1, -0.05) is 12.8 Å². The second-order valence-electron chi connectivity index (χ2n) is 7.62. The molecule has 150 valence electrons. The number of fused-ring (bicyclic) bond motifs is 1. The van der Waals surface area contributed by atoms with Crippen molar-refractivity contribution in [3.63, 3.8) is 0 Å². The number of hydrogen-bond acceptors (Lipinski definition) is 4. The number of carbonyl (C=O) groups is 1. The van der Waals surface area contributed by atoms with Crippen molar-refractivity contribution in [2.24, 2.45) is 5.92 Å². The summed E-state index contributed by atoms with van der Waals surface area (Å²) in [6.07, 6.45) is 6.26. The van der Waals surface area contributed by atoms with Crippen LogP contribution in [0.1, 0.15) is 39.0 Å². The number of carbonyl (C=O) groups excluding carboxylic acids is 1. The molecule has 0 aromatic carbocycles. The van der Waals surface area contributed by atoms with Crippen molar-refractivity contribution in [1.82, 2.24) is 20.4 Å². The zero-order valence-corrected chi connectivity index (χ0v) is 17.9. The van der Waals surface area contributed by atoms with Crippen LogP contribution in [-0.2, 0) is 4.79 Å². The standard InChI is InChI=1S/C17H32N4O.3ClH/c1-13(12-21-9-7-20(2)8-10-21)18-17(22)16-11-14-5-3-4-6-15(14)19-16;;;/h13-16,19H,3-12H2,1-2H3,(H,18,22);3*1H. The third-order valence-electron chi connectivity index (χ3n) is 5.70. The molecule has 3 fully saturated rings. The molecule has 2 N–H and O–H groups in total. The van der Waals surface area contributed by atoms with E-state index in [0.29, 0.717) is 6.04 Å². The Morgan fingerprint density at radius 3 is 2.40 bits per heavy atom. The highest BCUT2D eigenvalue weighted by Gasteiger charge is 2.38. The quantitative estimate of drug-likeness (QED) is 0.734. The zero-order chi connectivity index (χ0) is 15.5. The fraction of sp³-hybridized carbons (Fsp3) is 0.941. The number of rotatable bonds is 4. The minimum atomic E-state index is 0. The van der Waals surface area contributed by atoms with E-state index in [0.717, 1.165) is 45.1 Å². The molecular formula is C17H35Cl3N4O. The van der Waals surface area contributed by atoms with E-state index in [9.17, 15) is 4.79 Å². The Morgan fingerprint density at radius 2 is 1.76 bits per heavy atom. The Hall–Kier alpha value is 0.220. The van der Waals surface area contributed by atoms with E-state index >= 15 is 0 Å². The van der Waals surface area contributed by atoms with Crippen molar-refractivity contribution >= 4 is 43.1 Å². The fourth-order valence-electron chi connectivity index (χ4n) is 4.33. The first-order valence-electron chi connectivity index (χ1n) is 9.09. The summed E-state index contributed by atoms with van der Waals surface area (Å²) in [5.41, 5.74) is 0. The van der Waals surface area contributed by atoms with Gasteiger partial charge in [0.15, 0.2) is 0 Å². The molecule has 0 spiro atoms. The Labute approximate surface area is 171 Å². The Kier molecular flexibility index (Phi) is 11.9. The molecule has 25 heavy (non-hydrogen) atoms. The van der Waals surface area contributed by atoms with Crippen molar-refractivity contribution in [1.29, 1.82) is 0 Å². The predicted octanol–water partition coefficient (Wildman–Crippen LogP) is 1.92. The minimum absolute atomic E-state index is 0. The van der Waals surface area contributed by atoms with E-state index in [-0.39, 0.29) is 55.2 Å². The highest BCUT2D eigenvalue weighted by molar-refractivity contribution is 5.86. The molecule has 0 radical (unpaired) electrons. The Bertz CT molecular complexity index is 380. The number of amides is 1. The largest absolute Gasteiger partial charge is 0.351 e. The smallest absolute Gasteiger partial charge is 0.237 e. The first-order chi connectivity index (χ1) is 10.6. The van der Waals surface area contributed by atoms with Crippen molar-refractivity contribution in [2.75, 3.05) is 39.8 Å². The summed E-state index contributed by atoms with van der Waals surface area (Å²) >= 11 is 0. The van der Waals surface area contributed by atoms with E-state index in [4.69, 9.17) is 0 Å². The average molecular weight is 418 g/mol. The van der Waals surface area contributed by atoms with Crippen LogP contribution in [-0.4, -0.2) is 73.6 Å².